The normalized spacial score (nSPS) is 21.4. The van der Waals surface area contributed by atoms with Gasteiger partial charge in [0.05, 0.1) is 12.7 Å². The number of carbonyl (C=O) groups excluding carboxylic acids is 2. The van der Waals surface area contributed by atoms with Crippen LogP contribution in [0.25, 0.3) is 0 Å². The second-order valence-electron chi connectivity index (χ2n) is 7.25. The Kier molecular flexibility index (Phi) is 7.65. The number of hydrogen-bond donors (Lipinski definition) is 1. The highest BCUT2D eigenvalue weighted by molar-refractivity contribution is 5.89. The largest absolute Gasteiger partial charge is 0.465 e. The van der Waals surface area contributed by atoms with Gasteiger partial charge < -0.3 is 19.7 Å². The molecule has 1 unspecified atom stereocenters. The number of amides is 1. The fourth-order valence-electron chi connectivity index (χ4n) is 4.04. The van der Waals surface area contributed by atoms with Gasteiger partial charge in [-0.3, -0.25) is 4.79 Å². The van der Waals surface area contributed by atoms with E-state index in [0.29, 0.717) is 11.5 Å². The van der Waals surface area contributed by atoms with Gasteiger partial charge in [0.1, 0.15) is 5.60 Å². The summed E-state index contributed by atoms with van der Waals surface area (Å²) in [4.78, 5) is 26.5. The molecule has 1 N–H and O–H groups in total. The van der Waals surface area contributed by atoms with Crippen LogP contribution < -0.4 is 5.32 Å². The van der Waals surface area contributed by atoms with Gasteiger partial charge in [0, 0.05) is 20.2 Å². The minimum absolute atomic E-state index is 0. The molecule has 2 saturated heterocycles. The Hall–Kier alpha value is -1.63. The lowest BCUT2D eigenvalue weighted by Crippen LogP contribution is -2.54. The first-order chi connectivity index (χ1) is 12.6. The average molecular weight is 397 g/mol. The van der Waals surface area contributed by atoms with Crippen molar-refractivity contribution in [3.8, 4) is 0 Å². The quantitative estimate of drug-likeness (QED) is 0.771. The summed E-state index contributed by atoms with van der Waals surface area (Å²) in [5.41, 5.74) is 1.09. The zero-order valence-corrected chi connectivity index (χ0v) is 16.8. The van der Waals surface area contributed by atoms with Gasteiger partial charge in [-0.2, -0.15) is 0 Å². The summed E-state index contributed by atoms with van der Waals surface area (Å²) in [6.07, 6.45) is 3.38. The Morgan fingerprint density at radius 3 is 2.44 bits per heavy atom. The summed E-state index contributed by atoms with van der Waals surface area (Å²) in [5, 5.41) is 3.29. The van der Waals surface area contributed by atoms with E-state index in [4.69, 9.17) is 9.47 Å². The van der Waals surface area contributed by atoms with Gasteiger partial charge in [-0.1, -0.05) is 12.1 Å². The van der Waals surface area contributed by atoms with Crippen LogP contribution in [0.5, 0.6) is 0 Å². The topological polar surface area (TPSA) is 67.9 Å². The van der Waals surface area contributed by atoms with Crippen LogP contribution in [-0.4, -0.2) is 62.8 Å². The maximum absolute atomic E-state index is 13.0. The Bertz CT molecular complexity index is 644. The molecule has 0 aliphatic carbocycles. The number of esters is 1. The first kappa shape index (κ1) is 21.7. The second-order valence-corrected chi connectivity index (χ2v) is 7.25. The highest BCUT2D eigenvalue weighted by Crippen LogP contribution is 2.29. The van der Waals surface area contributed by atoms with E-state index >= 15 is 0 Å². The molecule has 0 spiro atoms. The van der Waals surface area contributed by atoms with E-state index in [-0.39, 0.29) is 24.3 Å². The molecule has 1 atom stereocenters. The van der Waals surface area contributed by atoms with Crippen molar-refractivity contribution in [2.45, 2.75) is 31.3 Å². The van der Waals surface area contributed by atoms with Gasteiger partial charge in [0.2, 0.25) is 0 Å². The standard InChI is InChI=1S/C20H28N2O4.ClH/c1-25-18(23)17-5-3-15(4-6-17)13-16-7-12-22(14-16)19(24)20(26-2)8-10-21-11-9-20;/h3-6,16,21H,7-14H2,1-2H3;1H. The number of carbonyl (C=O) groups is 2. The van der Waals surface area contributed by atoms with Crippen molar-refractivity contribution in [2.75, 3.05) is 40.4 Å². The number of nitrogens with zero attached hydrogens (tertiary/aromatic N) is 1. The zero-order valence-electron chi connectivity index (χ0n) is 16.0. The summed E-state index contributed by atoms with van der Waals surface area (Å²) in [7, 11) is 3.04. The van der Waals surface area contributed by atoms with Crippen LogP contribution in [0.15, 0.2) is 24.3 Å². The Morgan fingerprint density at radius 1 is 1.19 bits per heavy atom. The predicted octanol–water partition coefficient (Wildman–Crippen LogP) is 2.05. The summed E-state index contributed by atoms with van der Waals surface area (Å²) in [5.74, 6) is 0.268. The average Bonchev–Trinajstić information content (AvgIpc) is 3.16. The van der Waals surface area contributed by atoms with E-state index in [2.05, 4.69) is 5.32 Å². The third-order valence-corrected chi connectivity index (χ3v) is 5.66. The van der Waals surface area contributed by atoms with Crippen LogP contribution in [0.4, 0.5) is 0 Å². The first-order valence-corrected chi connectivity index (χ1v) is 9.30. The number of ether oxygens (including phenoxy) is 2. The van der Waals surface area contributed by atoms with Crippen molar-refractivity contribution in [1.82, 2.24) is 10.2 Å². The lowest BCUT2D eigenvalue weighted by Gasteiger charge is -2.37. The fourth-order valence-corrected chi connectivity index (χ4v) is 4.04. The van der Waals surface area contributed by atoms with Crippen molar-refractivity contribution in [1.29, 1.82) is 0 Å². The molecule has 0 radical (unpaired) electrons. The van der Waals surface area contributed by atoms with Crippen molar-refractivity contribution >= 4 is 24.3 Å². The predicted molar refractivity (Wildman–Crippen MR) is 105 cm³/mol. The van der Waals surface area contributed by atoms with Crippen LogP contribution in [0.2, 0.25) is 0 Å². The molecule has 150 valence electrons. The van der Waals surface area contributed by atoms with E-state index in [1.807, 2.05) is 17.0 Å². The molecule has 2 heterocycles. The lowest BCUT2D eigenvalue weighted by molar-refractivity contribution is -0.157. The van der Waals surface area contributed by atoms with Crippen LogP contribution in [0, 0.1) is 5.92 Å². The molecule has 0 bridgehead atoms. The number of hydrogen-bond acceptors (Lipinski definition) is 5. The minimum Gasteiger partial charge on any atom is -0.465 e. The van der Waals surface area contributed by atoms with Gasteiger partial charge in [-0.05, 0) is 62.4 Å². The van der Waals surface area contributed by atoms with E-state index < -0.39 is 5.60 Å². The summed E-state index contributed by atoms with van der Waals surface area (Å²) >= 11 is 0. The van der Waals surface area contributed by atoms with Crippen molar-refractivity contribution in [3.05, 3.63) is 35.4 Å². The Labute approximate surface area is 167 Å². The monoisotopic (exact) mass is 396 g/mol. The van der Waals surface area contributed by atoms with E-state index in [0.717, 1.165) is 51.9 Å². The summed E-state index contributed by atoms with van der Waals surface area (Å²) < 4.78 is 10.4. The highest BCUT2D eigenvalue weighted by Gasteiger charge is 2.44. The molecule has 1 amide bonds. The Morgan fingerprint density at radius 2 is 1.85 bits per heavy atom. The smallest absolute Gasteiger partial charge is 0.337 e. The molecule has 0 aromatic heterocycles. The van der Waals surface area contributed by atoms with Crippen LogP contribution in [-0.2, 0) is 20.7 Å². The van der Waals surface area contributed by atoms with Crippen molar-refractivity contribution in [3.63, 3.8) is 0 Å². The molecule has 2 aliphatic heterocycles. The Balaban J connectivity index is 0.00000261. The molecule has 1 aromatic carbocycles. The number of benzene rings is 1. The number of methoxy groups -OCH3 is 2. The molecule has 1 aromatic rings. The fraction of sp³-hybridized carbons (Fsp3) is 0.600. The van der Waals surface area contributed by atoms with E-state index in [1.54, 1.807) is 19.2 Å². The minimum atomic E-state index is -0.650. The third-order valence-electron chi connectivity index (χ3n) is 5.66. The molecule has 2 aliphatic rings. The SMILES string of the molecule is COC(=O)c1ccc(CC2CCN(C(=O)C3(OC)CCNCC3)C2)cc1.Cl. The summed E-state index contributed by atoms with van der Waals surface area (Å²) in [6, 6.07) is 7.54. The van der Waals surface area contributed by atoms with E-state index in [9.17, 15) is 9.59 Å². The van der Waals surface area contributed by atoms with E-state index in [1.165, 1.54) is 12.7 Å². The molecular weight excluding hydrogens is 368 g/mol. The number of rotatable bonds is 5. The number of halogens is 1. The zero-order chi connectivity index (χ0) is 18.6. The van der Waals surface area contributed by atoms with Crippen molar-refractivity contribution < 1.29 is 19.1 Å². The second kappa shape index (κ2) is 9.53. The van der Waals surface area contributed by atoms with Gasteiger partial charge >= 0.3 is 5.97 Å². The van der Waals surface area contributed by atoms with Gasteiger partial charge in [0.15, 0.2) is 0 Å². The maximum Gasteiger partial charge on any atom is 0.337 e. The first-order valence-electron chi connectivity index (χ1n) is 9.30. The molecule has 0 saturated carbocycles. The maximum atomic E-state index is 13.0. The summed E-state index contributed by atoms with van der Waals surface area (Å²) in [6.45, 7) is 3.21. The molecule has 6 nitrogen and oxygen atoms in total. The molecule has 27 heavy (non-hydrogen) atoms. The van der Waals surface area contributed by atoms with Crippen molar-refractivity contribution in [2.24, 2.45) is 5.92 Å². The van der Waals surface area contributed by atoms with Gasteiger partial charge in [0.25, 0.3) is 5.91 Å². The molecular formula is C20H29ClN2O4. The van der Waals surface area contributed by atoms with Crippen LogP contribution in [0.1, 0.15) is 35.2 Å². The van der Waals surface area contributed by atoms with Crippen LogP contribution in [0.3, 0.4) is 0 Å². The highest BCUT2D eigenvalue weighted by atomic mass is 35.5. The lowest BCUT2D eigenvalue weighted by atomic mass is 9.90. The van der Waals surface area contributed by atoms with Crippen LogP contribution >= 0.6 is 12.4 Å². The van der Waals surface area contributed by atoms with Gasteiger partial charge in [-0.25, -0.2) is 4.79 Å². The number of likely N-dealkylation sites (tertiary alicyclic amines) is 1. The molecule has 2 fully saturated rings. The number of nitrogens with one attached hydrogen (secondary N) is 1. The molecule has 7 heteroatoms. The third kappa shape index (κ3) is 4.81. The van der Waals surface area contributed by atoms with Gasteiger partial charge in [-0.15, -0.1) is 12.4 Å². The number of piperidine rings is 1. The molecule has 3 rings (SSSR count).